The molecule has 22 heavy (non-hydrogen) atoms. The number of primary amides is 1. The Morgan fingerprint density at radius 1 is 1.09 bits per heavy atom. The van der Waals surface area contributed by atoms with Crippen molar-refractivity contribution in [3.05, 3.63) is 53.6 Å². The van der Waals surface area contributed by atoms with Gasteiger partial charge in [-0.2, -0.15) is 0 Å². The van der Waals surface area contributed by atoms with Crippen LogP contribution in [0.4, 0.5) is 5.69 Å². The van der Waals surface area contributed by atoms with Crippen LogP contribution in [-0.4, -0.2) is 18.4 Å². The van der Waals surface area contributed by atoms with Gasteiger partial charge >= 0.3 is 0 Å². The molecule has 0 saturated carbocycles. The summed E-state index contributed by atoms with van der Waals surface area (Å²) in [5.41, 5.74) is 11.2. The zero-order valence-corrected chi connectivity index (χ0v) is 12.1. The molecule has 1 aliphatic carbocycles. The van der Waals surface area contributed by atoms with E-state index in [1.54, 1.807) is 4.90 Å². The summed E-state index contributed by atoms with van der Waals surface area (Å²) < 4.78 is 0. The van der Waals surface area contributed by atoms with Gasteiger partial charge in [0, 0.05) is 18.7 Å². The fourth-order valence-electron chi connectivity index (χ4n) is 3.45. The molecule has 4 rings (SSSR count). The standard InChI is InChI=1S/C18H16N2O2/c19-18(22)13-9-17(21)20(10-13)14-5-6-16-12(8-14)7-11-3-1-2-4-15(11)16/h1-6,8,13H,7,9-10H2,(H2,19,22). The second-order valence-electron chi connectivity index (χ2n) is 5.98. The SMILES string of the molecule is NC(=O)C1CC(=O)N(c2ccc3c(c2)Cc2ccccc2-3)C1. The average molecular weight is 292 g/mol. The summed E-state index contributed by atoms with van der Waals surface area (Å²) in [5, 5.41) is 0. The second kappa shape index (κ2) is 4.70. The molecule has 1 fully saturated rings. The van der Waals surface area contributed by atoms with Crippen LogP contribution in [0, 0.1) is 5.92 Å². The molecule has 0 aromatic heterocycles. The summed E-state index contributed by atoms with van der Waals surface area (Å²) in [5.74, 6) is -0.804. The van der Waals surface area contributed by atoms with Gasteiger partial charge in [-0.3, -0.25) is 9.59 Å². The Kier molecular flexibility index (Phi) is 2.79. The maximum Gasteiger partial charge on any atom is 0.227 e. The summed E-state index contributed by atoms with van der Waals surface area (Å²) in [6, 6.07) is 14.5. The van der Waals surface area contributed by atoms with Gasteiger partial charge < -0.3 is 10.6 Å². The molecule has 2 aliphatic rings. The van der Waals surface area contributed by atoms with Crippen LogP contribution in [0.5, 0.6) is 0 Å². The zero-order valence-electron chi connectivity index (χ0n) is 12.1. The molecule has 110 valence electrons. The Hall–Kier alpha value is -2.62. The van der Waals surface area contributed by atoms with Crippen molar-refractivity contribution in [3.8, 4) is 11.1 Å². The minimum Gasteiger partial charge on any atom is -0.369 e. The Balaban J connectivity index is 1.68. The number of amides is 2. The molecule has 1 aliphatic heterocycles. The van der Waals surface area contributed by atoms with Gasteiger partial charge in [0.25, 0.3) is 0 Å². The molecule has 1 atom stereocenters. The minimum absolute atomic E-state index is 0.0285. The van der Waals surface area contributed by atoms with E-state index in [-0.39, 0.29) is 18.2 Å². The highest BCUT2D eigenvalue weighted by molar-refractivity contribution is 6.00. The highest BCUT2D eigenvalue weighted by Gasteiger charge is 2.34. The number of carbonyl (C=O) groups excluding carboxylic acids is 2. The van der Waals surface area contributed by atoms with Crippen LogP contribution >= 0.6 is 0 Å². The summed E-state index contributed by atoms with van der Waals surface area (Å²) >= 11 is 0. The van der Waals surface area contributed by atoms with Gasteiger partial charge in [-0.05, 0) is 40.8 Å². The molecule has 0 bridgehead atoms. The van der Waals surface area contributed by atoms with Crippen molar-refractivity contribution in [2.24, 2.45) is 11.7 Å². The zero-order chi connectivity index (χ0) is 15.3. The van der Waals surface area contributed by atoms with Crippen molar-refractivity contribution < 1.29 is 9.59 Å². The third kappa shape index (κ3) is 1.91. The van der Waals surface area contributed by atoms with Crippen molar-refractivity contribution in [2.45, 2.75) is 12.8 Å². The lowest BCUT2D eigenvalue weighted by molar-refractivity contribution is -0.123. The number of hydrogen-bond donors (Lipinski definition) is 1. The molecular weight excluding hydrogens is 276 g/mol. The van der Waals surface area contributed by atoms with E-state index in [1.807, 2.05) is 18.2 Å². The number of anilines is 1. The first-order valence-electron chi connectivity index (χ1n) is 7.44. The Morgan fingerprint density at radius 2 is 1.86 bits per heavy atom. The smallest absolute Gasteiger partial charge is 0.227 e. The van der Waals surface area contributed by atoms with E-state index in [1.165, 1.54) is 22.3 Å². The number of carbonyl (C=O) groups is 2. The van der Waals surface area contributed by atoms with Crippen LogP contribution in [-0.2, 0) is 16.0 Å². The topological polar surface area (TPSA) is 63.4 Å². The third-order valence-corrected chi connectivity index (χ3v) is 4.62. The quantitative estimate of drug-likeness (QED) is 0.786. The molecule has 2 aromatic rings. The van der Waals surface area contributed by atoms with Crippen LogP contribution in [0.1, 0.15) is 17.5 Å². The van der Waals surface area contributed by atoms with Crippen LogP contribution in [0.3, 0.4) is 0 Å². The van der Waals surface area contributed by atoms with Crippen LogP contribution < -0.4 is 10.6 Å². The van der Waals surface area contributed by atoms with Gasteiger partial charge in [-0.25, -0.2) is 0 Å². The molecule has 1 unspecified atom stereocenters. The predicted molar refractivity (Wildman–Crippen MR) is 84.3 cm³/mol. The summed E-state index contributed by atoms with van der Waals surface area (Å²) in [6.45, 7) is 0.389. The van der Waals surface area contributed by atoms with Gasteiger partial charge in [0.15, 0.2) is 0 Å². The van der Waals surface area contributed by atoms with Gasteiger partial charge in [-0.15, -0.1) is 0 Å². The molecule has 0 radical (unpaired) electrons. The van der Waals surface area contributed by atoms with E-state index < -0.39 is 5.91 Å². The maximum atomic E-state index is 12.1. The number of fused-ring (bicyclic) bond motifs is 3. The van der Waals surface area contributed by atoms with Crippen molar-refractivity contribution in [3.63, 3.8) is 0 Å². The highest BCUT2D eigenvalue weighted by Crippen LogP contribution is 2.39. The fourth-order valence-corrected chi connectivity index (χ4v) is 3.45. The number of nitrogens with zero attached hydrogens (tertiary/aromatic N) is 1. The van der Waals surface area contributed by atoms with Gasteiger partial charge in [-0.1, -0.05) is 30.3 Å². The van der Waals surface area contributed by atoms with Crippen molar-refractivity contribution in [2.75, 3.05) is 11.4 Å². The van der Waals surface area contributed by atoms with E-state index in [2.05, 4.69) is 24.3 Å². The van der Waals surface area contributed by atoms with Crippen molar-refractivity contribution in [1.29, 1.82) is 0 Å². The number of benzene rings is 2. The monoisotopic (exact) mass is 292 g/mol. The van der Waals surface area contributed by atoms with E-state index in [0.29, 0.717) is 6.54 Å². The number of nitrogens with two attached hydrogens (primary N) is 1. The lowest BCUT2D eigenvalue weighted by atomic mass is 10.1. The van der Waals surface area contributed by atoms with E-state index >= 15 is 0 Å². The normalized spacial score (nSPS) is 19.2. The first kappa shape index (κ1) is 13.1. The number of rotatable bonds is 2. The van der Waals surface area contributed by atoms with Crippen LogP contribution in [0.2, 0.25) is 0 Å². The molecular formula is C18H16N2O2. The molecule has 1 heterocycles. The predicted octanol–water partition coefficient (Wildman–Crippen LogP) is 2.10. The Labute approximate surface area is 128 Å². The van der Waals surface area contributed by atoms with Crippen LogP contribution in [0.25, 0.3) is 11.1 Å². The maximum absolute atomic E-state index is 12.1. The average Bonchev–Trinajstić information content (AvgIpc) is 3.07. The van der Waals surface area contributed by atoms with E-state index in [9.17, 15) is 9.59 Å². The summed E-state index contributed by atoms with van der Waals surface area (Å²) in [4.78, 5) is 25.1. The van der Waals surface area contributed by atoms with Gasteiger partial charge in [0.1, 0.15) is 0 Å². The molecule has 2 aromatic carbocycles. The lowest BCUT2D eigenvalue weighted by Crippen LogP contribution is -2.28. The lowest BCUT2D eigenvalue weighted by Gasteiger charge is -2.17. The van der Waals surface area contributed by atoms with Gasteiger partial charge in [0.05, 0.1) is 5.92 Å². The fraction of sp³-hybridized carbons (Fsp3) is 0.222. The first-order valence-corrected chi connectivity index (χ1v) is 7.44. The van der Waals surface area contributed by atoms with Crippen molar-refractivity contribution >= 4 is 17.5 Å². The molecule has 1 saturated heterocycles. The third-order valence-electron chi connectivity index (χ3n) is 4.62. The summed E-state index contributed by atoms with van der Waals surface area (Å²) in [6.07, 6.45) is 1.10. The first-order chi connectivity index (χ1) is 10.6. The van der Waals surface area contributed by atoms with E-state index in [0.717, 1.165) is 12.1 Å². The Bertz CT molecular complexity index is 797. The molecule has 2 N–H and O–H groups in total. The van der Waals surface area contributed by atoms with Crippen molar-refractivity contribution in [1.82, 2.24) is 0 Å². The van der Waals surface area contributed by atoms with Gasteiger partial charge in [0.2, 0.25) is 11.8 Å². The molecule has 4 nitrogen and oxygen atoms in total. The highest BCUT2D eigenvalue weighted by atomic mass is 16.2. The van der Waals surface area contributed by atoms with Crippen LogP contribution in [0.15, 0.2) is 42.5 Å². The number of hydrogen-bond acceptors (Lipinski definition) is 2. The largest absolute Gasteiger partial charge is 0.369 e. The molecule has 4 heteroatoms. The molecule has 2 amide bonds. The second-order valence-corrected chi connectivity index (χ2v) is 5.98. The minimum atomic E-state index is -0.399. The molecule has 0 spiro atoms. The van der Waals surface area contributed by atoms with E-state index in [4.69, 9.17) is 5.73 Å². The summed E-state index contributed by atoms with van der Waals surface area (Å²) in [7, 11) is 0. The Morgan fingerprint density at radius 3 is 2.64 bits per heavy atom.